The fourth-order valence-corrected chi connectivity index (χ4v) is 4.45. The van der Waals surface area contributed by atoms with E-state index in [1.54, 1.807) is 0 Å². The molecule has 0 aliphatic heterocycles. The van der Waals surface area contributed by atoms with Gasteiger partial charge in [0.1, 0.15) is 0 Å². The molecule has 0 saturated heterocycles. The van der Waals surface area contributed by atoms with Gasteiger partial charge in [0, 0.05) is 17.3 Å². The van der Waals surface area contributed by atoms with E-state index in [4.69, 9.17) is 11.6 Å². The molecule has 0 atom stereocenters. The van der Waals surface area contributed by atoms with E-state index in [9.17, 15) is 9.59 Å². The number of aromatic amines is 2. The monoisotopic (exact) mass is 410 g/mol. The number of alkyl halides is 1. The third kappa shape index (κ3) is 3.69. The molecule has 0 bridgehead atoms. The molecule has 1 aromatic carbocycles. The third-order valence-corrected chi connectivity index (χ3v) is 6.20. The number of hydrogen-bond acceptors (Lipinski definition) is 2. The minimum Gasteiger partial charge on any atom is -0.355 e. The van der Waals surface area contributed by atoms with Crippen LogP contribution in [0.15, 0.2) is 24.3 Å². The van der Waals surface area contributed by atoms with Crippen molar-refractivity contribution in [1.82, 2.24) is 9.97 Å². The zero-order valence-corrected chi connectivity index (χ0v) is 18.1. The first-order valence-corrected chi connectivity index (χ1v) is 10.5. The average molecular weight is 411 g/mol. The van der Waals surface area contributed by atoms with Crippen LogP contribution in [0.5, 0.6) is 0 Å². The molecule has 0 unspecified atom stereocenters. The standard InChI is InChI=1S/C24H27ClN2O2/c1-5-18-14(3)20(12-28)26-23(18)22(17-9-7-16(11-25)8-10-17)24-19(6-2)15(4)21(13-29)27-24/h7-10,12-13,22,26-27H,5-6,11H2,1-4H3. The molecule has 3 aromatic rings. The Morgan fingerprint density at radius 2 is 1.31 bits per heavy atom. The van der Waals surface area contributed by atoms with Gasteiger partial charge in [0.2, 0.25) is 0 Å². The molecule has 0 fully saturated rings. The van der Waals surface area contributed by atoms with Crippen molar-refractivity contribution in [1.29, 1.82) is 0 Å². The average Bonchev–Trinajstić information content (AvgIpc) is 3.24. The van der Waals surface area contributed by atoms with Gasteiger partial charge in [0.25, 0.3) is 0 Å². The van der Waals surface area contributed by atoms with Gasteiger partial charge in [-0.3, -0.25) is 9.59 Å². The maximum Gasteiger partial charge on any atom is 0.166 e. The molecule has 0 aliphatic rings. The predicted octanol–water partition coefficient (Wildman–Crippen LogP) is 5.63. The van der Waals surface area contributed by atoms with E-state index in [1.807, 2.05) is 26.0 Å². The van der Waals surface area contributed by atoms with Gasteiger partial charge in [0.05, 0.1) is 17.3 Å². The second kappa shape index (κ2) is 8.83. The summed E-state index contributed by atoms with van der Waals surface area (Å²) in [5, 5.41) is 0. The molecule has 0 spiro atoms. The maximum atomic E-state index is 11.6. The van der Waals surface area contributed by atoms with Gasteiger partial charge in [-0.1, -0.05) is 38.1 Å². The van der Waals surface area contributed by atoms with E-state index in [2.05, 4.69) is 35.9 Å². The Kier molecular flexibility index (Phi) is 6.43. The summed E-state index contributed by atoms with van der Waals surface area (Å²) in [6.07, 6.45) is 3.37. The van der Waals surface area contributed by atoms with E-state index in [-0.39, 0.29) is 5.92 Å². The summed E-state index contributed by atoms with van der Waals surface area (Å²) >= 11 is 5.98. The van der Waals surface area contributed by atoms with Crippen molar-refractivity contribution < 1.29 is 9.59 Å². The van der Waals surface area contributed by atoms with Crippen molar-refractivity contribution in [2.75, 3.05) is 0 Å². The molecule has 152 valence electrons. The molecule has 5 heteroatoms. The fourth-order valence-electron chi connectivity index (χ4n) is 4.27. The van der Waals surface area contributed by atoms with Gasteiger partial charge < -0.3 is 9.97 Å². The Labute approximate surface area is 176 Å². The second-order valence-corrected chi connectivity index (χ2v) is 7.63. The summed E-state index contributed by atoms with van der Waals surface area (Å²) in [7, 11) is 0. The first kappa shape index (κ1) is 21.1. The topological polar surface area (TPSA) is 65.7 Å². The van der Waals surface area contributed by atoms with Gasteiger partial charge >= 0.3 is 0 Å². The van der Waals surface area contributed by atoms with Crippen LogP contribution in [-0.4, -0.2) is 22.5 Å². The Hall–Kier alpha value is -2.59. The van der Waals surface area contributed by atoms with E-state index >= 15 is 0 Å². The van der Waals surface area contributed by atoms with E-state index < -0.39 is 0 Å². The molecule has 2 N–H and O–H groups in total. The van der Waals surface area contributed by atoms with Crippen LogP contribution in [0.2, 0.25) is 0 Å². The summed E-state index contributed by atoms with van der Waals surface area (Å²) < 4.78 is 0. The number of carbonyl (C=O) groups excluding carboxylic acids is 2. The van der Waals surface area contributed by atoms with Gasteiger partial charge in [-0.15, -0.1) is 11.6 Å². The van der Waals surface area contributed by atoms with Crippen molar-refractivity contribution in [3.63, 3.8) is 0 Å². The smallest absolute Gasteiger partial charge is 0.166 e. The molecular formula is C24H27ClN2O2. The normalized spacial score (nSPS) is 11.2. The van der Waals surface area contributed by atoms with Crippen LogP contribution in [0.4, 0.5) is 0 Å². The largest absolute Gasteiger partial charge is 0.355 e. The molecule has 4 nitrogen and oxygen atoms in total. The number of carbonyl (C=O) groups is 2. The molecule has 2 aromatic heterocycles. The van der Waals surface area contributed by atoms with Gasteiger partial charge in [0.15, 0.2) is 12.6 Å². The fraction of sp³-hybridized carbons (Fsp3) is 0.333. The Bertz CT molecular complexity index is 968. The molecule has 0 aliphatic carbocycles. The molecule has 3 rings (SSSR count). The SMILES string of the molecule is CCc1c(C(c2ccc(CCl)cc2)c2[nH]c(C=O)c(C)c2CC)[nH]c(C=O)c1C. The number of aromatic nitrogens is 2. The molecular weight excluding hydrogens is 384 g/mol. The Balaban J connectivity index is 2.32. The summed E-state index contributed by atoms with van der Waals surface area (Å²) in [5.74, 6) is 0.322. The van der Waals surface area contributed by atoms with Crippen LogP contribution < -0.4 is 0 Å². The highest BCUT2D eigenvalue weighted by atomic mass is 35.5. The van der Waals surface area contributed by atoms with Crippen molar-refractivity contribution >= 4 is 24.2 Å². The van der Waals surface area contributed by atoms with Crippen LogP contribution in [-0.2, 0) is 18.7 Å². The maximum absolute atomic E-state index is 11.6. The lowest BCUT2D eigenvalue weighted by Crippen LogP contribution is -2.10. The number of nitrogens with one attached hydrogen (secondary N) is 2. The van der Waals surface area contributed by atoms with E-state index in [0.717, 1.165) is 70.2 Å². The van der Waals surface area contributed by atoms with Gasteiger partial charge in [-0.05, 0) is 60.1 Å². The summed E-state index contributed by atoms with van der Waals surface area (Å²) in [6, 6.07) is 8.21. The highest BCUT2D eigenvalue weighted by molar-refractivity contribution is 6.17. The number of hydrogen-bond donors (Lipinski definition) is 2. The number of halogens is 1. The number of aldehydes is 2. The van der Waals surface area contributed by atoms with Crippen molar-refractivity contribution in [3.05, 3.63) is 80.4 Å². The molecule has 2 heterocycles. The number of H-pyrrole nitrogens is 2. The lowest BCUT2D eigenvalue weighted by molar-refractivity contribution is 0.111. The highest BCUT2D eigenvalue weighted by Gasteiger charge is 2.28. The van der Waals surface area contributed by atoms with Crippen LogP contribution in [0.3, 0.4) is 0 Å². The minimum absolute atomic E-state index is 0.135. The quantitative estimate of drug-likeness (QED) is 0.373. The van der Waals surface area contributed by atoms with Crippen LogP contribution in [0.1, 0.15) is 85.5 Å². The summed E-state index contributed by atoms with van der Waals surface area (Å²) in [6.45, 7) is 8.15. The number of rotatable bonds is 8. The minimum atomic E-state index is -0.135. The zero-order valence-electron chi connectivity index (χ0n) is 17.4. The third-order valence-electron chi connectivity index (χ3n) is 5.89. The van der Waals surface area contributed by atoms with Crippen molar-refractivity contribution in [2.24, 2.45) is 0 Å². The lowest BCUT2D eigenvalue weighted by Gasteiger charge is -2.20. The number of benzene rings is 1. The van der Waals surface area contributed by atoms with E-state index in [1.165, 1.54) is 0 Å². The highest BCUT2D eigenvalue weighted by Crippen LogP contribution is 2.38. The molecule has 0 radical (unpaired) electrons. The second-order valence-electron chi connectivity index (χ2n) is 7.36. The van der Waals surface area contributed by atoms with Gasteiger partial charge in [-0.2, -0.15) is 0 Å². The Morgan fingerprint density at radius 3 is 1.66 bits per heavy atom. The Morgan fingerprint density at radius 1 is 0.862 bits per heavy atom. The molecule has 29 heavy (non-hydrogen) atoms. The van der Waals surface area contributed by atoms with Gasteiger partial charge in [-0.25, -0.2) is 0 Å². The predicted molar refractivity (Wildman–Crippen MR) is 118 cm³/mol. The first-order chi connectivity index (χ1) is 14.0. The lowest BCUT2D eigenvalue weighted by atomic mass is 9.86. The van der Waals surface area contributed by atoms with E-state index in [0.29, 0.717) is 17.3 Å². The molecule has 0 saturated carbocycles. The van der Waals surface area contributed by atoms with Crippen molar-refractivity contribution in [3.8, 4) is 0 Å². The summed E-state index contributed by atoms with van der Waals surface area (Å²) in [4.78, 5) is 30.0. The first-order valence-electron chi connectivity index (χ1n) is 9.98. The zero-order chi connectivity index (χ0) is 21.1. The van der Waals surface area contributed by atoms with Crippen LogP contribution >= 0.6 is 11.6 Å². The van der Waals surface area contributed by atoms with Crippen molar-refractivity contribution in [2.45, 2.75) is 52.3 Å². The van der Waals surface area contributed by atoms with Crippen LogP contribution in [0, 0.1) is 13.8 Å². The van der Waals surface area contributed by atoms with Crippen LogP contribution in [0.25, 0.3) is 0 Å². The molecule has 0 amide bonds. The summed E-state index contributed by atoms with van der Waals surface area (Å²) in [5.41, 5.74) is 9.59.